The first-order valence-corrected chi connectivity index (χ1v) is 7.06. The number of hydrogen-bond donors (Lipinski definition) is 1. The maximum Gasteiger partial charge on any atom is 0.140 e. The van der Waals surface area contributed by atoms with Crippen LogP contribution in [0.3, 0.4) is 0 Å². The van der Waals surface area contributed by atoms with Gasteiger partial charge in [0.2, 0.25) is 0 Å². The maximum absolute atomic E-state index is 5.98. The standard InChI is InChI=1S/C15H16INO/c1-2-14(17)11-7-9-12(10-8-11)18-15-6-4-3-5-13(15)16/h3-10,14H,2,17H2,1H3/t14-/m1/s1. The Morgan fingerprint density at radius 2 is 1.78 bits per heavy atom. The largest absolute Gasteiger partial charge is 0.456 e. The van der Waals surface area contributed by atoms with E-state index in [4.69, 9.17) is 10.5 Å². The van der Waals surface area contributed by atoms with Crippen LogP contribution in [0.5, 0.6) is 11.5 Å². The van der Waals surface area contributed by atoms with E-state index < -0.39 is 0 Å². The van der Waals surface area contributed by atoms with Gasteiger partial charge in [-0.25, -0.2) is 0 Å². The van der Waals surface area contributed by atoms with Crippen molar-refractivity contribution in [3.05, 3.63) is 57.7 Å². The average molecular weight is 353 g/mol. The molecule has 2 rings (SSSR count). The molecule has 0 aliphatic heterocycles. The second-order valence-electron chi connectivity index (χ2n) is 4.12. The SMILES string of the molecule is CC[C@@H](N)c1ccc(Oc2ccccc2I)cc1. The molecular formula is C15H16INO. The number of nitrogens with two attached hydrogens (primary N) is 1. The summed E-state index contributed by atoms with van der Waals surface area (Å²) in [6.07, 6.45) is 0.941. The molecule has 1 atom stereocenters. The van der Waals surface area contributed by atoms with Gasteiger partial charge in [-0.15, -0.1) is 0 Å². The van der Waals surface area contributed by atoms with E-state index >= 15 is 0 Å². The van der Waals surface area contributed by atoms with Crippen molar-refractivity contribution in [1.82, 2.24) is 0 Å². The summed E-state index contributed by atoms with van der Waals surface area (Å²) in [5.74, 6) is 1.72. The Morgan fingerprint density at radius 3 is 2.39 bits per heavy atom. The third-order valence-corrected chi connectivity index (χ3v) is 3.70. The van der Waals surface area contributed by atoms with Crippen LogP contribution in [0.25, 0.3) is 0 Å². The van der Waals surface area contributed by atoms with E-state index in [9.17, 15) is 0 Å². The second-order valence-corrected chi connectivity index (χ2v) is 5.28. The van der Waals surface area contributed by atoms with Gasteiger partial charge in [0, 0.05) is 6.04 Å². The smallest absolute Gasteiger partial charge is 0.140 e. The lowest BCUT2D eigenvalue weighted by Crippen LogP contribution is -2.08. The van der Waals surface area contributed by atoms with Gasteiger partial charge in [-0.05, 0) is 58.8 Å². The average Bonchev–Trinajstić information content (AvgIpc) is 2.41. The third kappa shape index (κ3) is 3.23. The van der Waals surface area contributed by atoms with Crippen LogP contribution >= 0.6 is 22.6 Å². The molecule has 0 heterocycles. The van der Waals surface area contributed by atoms with E-state index in [1.54, 1.807) is 0 Å². The van der Waals surface area contributed by atoms with Crippen LogP contribution in [0.4, 0.5) is 0 Å². The van der Waals surface area contributed by atoms with Crippen molar-refractivity contribution in [1.29, 1.82) is 0 Å². The van der Waals surface area contributed by atoms with E-state index in [1.807, 2.05) is 48.5 Å². The van der Waals surface area contributed by atoms with Gasteiger partial charge in [-0.2, -0.15) is 0 Å². The normalized spacial score (nSPS) is 12.2. The fraction of sp³-hybridized carbons (Fsp3) is 0.200. The molecule has 2 N–H and O–H groups in total. The number of para-hydroxylation sites is 1. The first-order chi connectivity index (χ1) is 8.70. The zero-order valence-electron chi connectivity index (χ0n) is 10.3. The molecule has 0 fully saturated rings. The van der Waals surface area contributed by atoms with Crippen molar-refractivity contribution >= 4 is 22.6 Å². The second kappa shape index (κ2) is 6.20. The van der Waals surface area contributed by atoms with Gasteiger partial charge in [-0.1, -0.05) is 31.2 Å². The molecule has 0 spiro atoms. The number of benzene rings is 2. The molecule has 0 amide bonds. The Labute approximate surface area is 121 Å². The molecule has 0 bridgehead atoms. The molecule has 0 saturated heterocycles. The summed E-state index contributed by atoms with van der Waals surface area (Å²) in [6.45, 7) is 2.08. The number of ether oxygens (including phenoxy) is 1. The molecule has 18 heavy (non-hydrogen) atoms. The van der Waals surface area contributed by atoms with E-state index in [1.165, 1.54) is 0 Å². The van der Waals surface area contributed by atoms with Crippen LogP contribution in [-0.2, 0) is 0 Å². The summed E-state index contributed by atoms with van der Waals surface area (Å²) < 4.78 is 6.93. The van der Waals surface area contributed by atoms with Crippen molar-refractivity contribution in [2.24, 2.45) is 5.73 Å². The number of rotatable bonds is 4. The molecule has 0 radical (unpaired) electrons. The molecular weight excluding hydrogens is 337 g/mol. The zero-order valence-corrected chi connectivity index (χ0v) is 12.4. The molecule has 0 aromatic heterocycles. The van der Waals surface area contributed by atoms with E-state index in [0.717, 1.165) is 27.1 Å². The lowest BCUT2D eigenvalue weighted by atomic mass is 10.1. The minimum atomic E-state index is 0.107. The van der Waals surface area contributed by atoms with Crippen LogP contribution in [0, 0.1) is 3.57 Å². The van der Waals surface area contributed by atoms with Gasteiger partial charge in [0.1, 0.15) is 11.5 Å². The summed E-state index contributed by atoms with van der Waals surface area (Å²) in [7, 11) is 0. The highest BCUT2D eigenvalue weighted by Crippen LogP contribution is 2.27. The molecule has 2 aromatic rings. The fourth-order valence-corrected chi connectivity index (χ4v) is 2.17. The van der Waals surface area contributed by atoms with Crippen LogP contribution < -0.4 is 10.5 Å². The molecule has 3 heteroatoms. The molecule has 2 nitrogen and oxygen atoms in total. The number of hydrogen-bond acceptors (Lipinski definition) is 2. The van der Waals surface area contributed by atoms with Gasteiger partial charge in [0.25, 0.3) is 0 Å². The van der Waals surface area contributed by atoms with Crippen molar-refractivity contribution in [2.75, 3.05) is 0 Å². The highest BCUT2D eigenvalue weighted by molar-refractivity contribution is 14.1. The summed E-state index contributed by atoms with van der Waals surface area (Å²) in [5.41, 5.74) is 7.12. The first kappa shape index (κ1) is 13.4. The topological polar surface area (TPSA) is 35.2 Å². The maximum atomic E-state index is 5.98. The van der Waals surface area contributed by atoms with Crippen molar-refractivity contribution in [3.8, 4) is 11.5 Å². The van der Waals surface area contributed by atoms with Crippen molar-refractivity contribution < 1.29 is 4.74 Å². The lowest BCUT2D eigenvalue weighted by Gasteiger charge is -2.11. The Balaban J connectivity index is 2.14. The predicted molar refractivity (Wildman–Crippen MR) is 82.9 cm³/mol. The fourth-order valence-electron chi connectivity index (χ4n) is 1.67. The monoisotopic (exact) mass is 353 g/mol. The molecule has 0 saturated carbocycles. The Kier molecular flexibility index (Phi) is 4.60. The summed E-state index contributed by atoms with van der Waals surface area (Å²) >= 11 is 2.27. The van der Waals surface area contributed by atoms with Gasteiger partial charge in [0.15, 0.2) is 0 Å². The minimum Gasteiger partial charge on any atom is -0.456 e. The van der Waals surface area contributed by atoms with Crippen LogP contribution in [-0.4, -0.2) is 0 Å². The minimum absolute atomic E-state index is 0.107. The van der Waals surface area contributed by atoms with Crippen molar-refractivity contribution in [2.45, 2.75) is 19.4 Å². The van der Waals surface area contributed by atoms with Crippen LogP contribution in [0.15, 0.2) is 48.5 Å². The van der Waals surface area contributed by atoms with Gasteiger partial charge in [-0.3, -0.25) is 0 Å². The first-order valence-electron chi connectivity index (χ1n) is 5.98. The summed E-state index contributed by atoms with van der Waals surface area (Å²) in [5, 5.41) is 0. The van der Waals surface area contributed by atoms with Crippen LogP contribution in [0.2, 0.25) is 0 Å². The molecule has 0 unspecified atom stereocenters. The van der Waals surface area contributed by atoms with Gasteiger partial charge < -0.3 is 10.5 Å². The Bertz CT molecular complexity index is 510. The summed E-state index contributed by atoms with van der Waals surface area (Å²) in [6, 6.07) is 16.1. The third-order valence-electron chi connectivity index (χ3n) is 2.81. The molecule has 0 aliphatic carbocycles. The highest BCUT2D eigenvalue weighted by Gasteiger charge is 2.04. The summed E-state index contributed by atoms with van der Waals surface area (Å²) in [4.78, 5) is 0. The van der Waals surface area contributed by atoms with E-state index in [0.29, 0.717) is 0 Å². The highest BCUT2D eigenvalue weighted by atomic mass is 127. The molecule has 0 aliphatic rings. The lowest BCUT2D eigenvalue weighted by molar-refractivity contribution is 0.479. The van der Waals surface area contributed by atoms with Gasteiger partial charge >= 0.3 is 0 Å². The predicted octanol–water partition coefficient (Wildman–Crippen LogP) is 4.49. The van der Waals surface area contributed by atoms with E-state index in [2.05, 4.69) is 29.5 Å². The molecule has 2 aromatic carbocycles. The van der Waals surface area contributed by atoms with Crippen molar-refractivity contribution in [3.63, 3.8) is 0 Å². The van der Waals surface area contributed by atoms with Gasteiger partial charge in [0.05, 0.1) is 3.57 Å². The Hall–Kier alpha value is -1.07. The van der Waals surface area contributed by atoms with E-state index in [-0.39, 0.29) is 6.04 Å². The zero-order chi connectivity index (χ0) is 13.0. The quantitative estimate of drug-likeness (QED) is 0.822. The molecule has 94 valence electrons. The van der Waals surface area contributed by atoms with Crippen LogP contribution in [0.1, 0.15) is 24.9 Å². The number of halogens is 1. The Morgan fingerprint density at radius 1 is 1.11 bits per heavy atom.